The van der Waals surface area contributed by atoms with Crippen LogP contribution in [0.4, 0.5) is 5.69 Å². The van der Waals surface area contributed by atoms with Gasteiger partial charge < -0.3 is 11.1 Å². The molecule has 2 amide bonds. The van der Waals surface area contributed by atoms with Crippen LogP contribution in [0.3, 0.4) is 0 Å². The molecule has 132 valence electrons. The third kappa shape index (κ3) is 2.94. The lowest BCUT2D eigenvalue weighted by Gasteiger charge is -2.30. The van der Waals surface area contributed by atoms with Gasteiger partial charge in [-0.3, -0.25) is 14.6 Å². The summed E-state index contributed by atoms with van der Waals surface area (Å²) in [4.78, 5) is 24.3. The molecule has 3 N–H and O–H groups in total. The molecule has 0 radical (unpaired) electrons. The lowest BCUT2D eigenvalue weighted by molar-refractivity contribution is -0.119. The van der Waals surface area contributed by atoms with E-state index in [0.29, 0.717) is 18.2 Å². The first kappa shape index (κ1) is 16.3. The van der Waals surface area contributed by atoms with Crippen molar-refractivity contribution < 1.29 is 9.59 Å². The number of benzene rings is 2. The molecule has 4 rings (SSSR count). The van der Waals surface area contributed by atoms with Crippen LogP contribution in [-0.2, 0) is 16.0 Å². The number of primary amides is 1. The topological polar surface area (TPSA) is 87.8 Å². The van der Waals surface area contributed by atoms with Crippen LogP contribution in [0.25, 0.3) is 0 Å². The smallest absolute Gasteiger partial charge is 0.267 e. The van der Waals surface area contributed by atoms with Crippen LogP contribution in [0.5, 0.6) is 0 Å². The van der Waals surface area contributed by atoms with Crippen LogP contribution in [-0.4, -0.2) is 30.1 Å². The highest BCUT2D eigenvalue weighted by Crippen LogP contribution is 2.34. The number of anilines is 1. The summed E-state index contributed by atoms with van der Waals surface area (Å²) in [5.74, 6) is -0.387. The van der Waals surface area contributed by atoms with Crippen LogP contribution in [0.2, 0.25) is 0 Å². The average Bonchev–Trinajstić information content (AvgIpc) is 3.09. The number of nitrogens with two attached hydrogens (primary N) is 1. The van der Waals surface area contributed by atoms with E-state index in [2.05, 4.69) is 22.6 Å². The van der Waals surface area contributed by atoms with Crippen molar-refractivity contribution in [3.8, 4) is 0 Å². The van der Waals surface area contributed by atoms with Gasteiger partial charge in [-0.2, -0.15) is 5.10 Å². The monoisotopic (exact) mass is 348 g/mol. The Labute approximate surface area is 151 Å². The minimum Gasteiger partial charge on any atom is -0.368 e. The summed E-state index contributed by atoms with van der Waals surface area (Å²) in [6.07, 6.45) is 1.19. The van der Waals surface area contributed by atoms with Crippen molar-refractivity contribution in [1.29, 1.82) is 0 Å². The van der Waals surface area contributed by atoms with Gasteiger partial charge in [0.15, 0.2) is 0 Å². The summed E-state index contributed by atoms with van der Waals surface area (Å²) in [7, 11) is 0. The molecule has 0 bridgehead atoms. The van der Waals surface area contributed by atoms with E-state index in [1.807, 2.05) is 42.5 Å². The summed E-state index contributed by atoms with van der Waals surface area (Å²) in [6, 6.07) is 16.9. The maximum absolute atomic E-state index is 12.5. The van der Waals surface area contributed by atoms with Crippen molar-refractivity contribution in [2.75, 3.05) is 11.6 Å². The fourth-order valence-electron chi connectivity index (χ4n) is 3.55. The van der Waals surface area contributed by atoms with Crippen molar-refractivity contribution in [3.05, 3.63) is 65.7 Å². The average molecular weight is 348 g/mol. The van der Waals surface area contributed by atoms with Crippen LogP contribution in [0, 0.1) is 0 Å². The molecule has 1 aliphatic carbocycles. The number of nitrogens with zero attached hydrogens (tertiary/aromatic N) is 2. The van der Waals surface area contributed by atoms with Crippen LogP contribution in [0.15, 0.2) is 59.7 Å². The third-order valence-electron chi connectivity index (χ3n) is 4.99. The fourth-order valence-corrected chi connectivity index (χ4v) is 3.55. The standard InChI is InChI=1S/C20H20N4O2/c21-19(25)18-11-17(23-24(18)15-7-2-1-3-8-15)20(26)22-12-14-10-13-6-4-5-9-16(13)14/h1-9,14,18H,10-12H2,(H2,21,25)(H,22,26). The Morgan fingerprint density at radius 2 is 1.81 bits per heavy atom. The van der Waals surface area contributed by atoms with Crippen LogP contribution < -0.4 is 16.1 Å². The number of amides is 2. The Kier molecular flexibility index (Phi) is 4.16. The van der Waals surface area contributed by atoms with Gasteiger partial charge in [0.2, 0.25) is 5.91 Å². The molecule has 1 heterocycles. The predicted octanol–water partition coefficient (Wildman–Crippen LogP) is 1.56. The van der Waals surface area contributed by atoms with Gasteiger partial charge in [0.1, 0.15) is 11.8 Å². The highest BCUT2D eigenvalue weighted by molar-refractivity contribution is 6.40. The zero-order chi connectivity index (χ0) is 18.1. The van der Waals surface area contributed by atoms with Gasteiger partial charge in [-0.1, -0.05) is 42.5 Å². The number of hydrogen-bond acceptors (Lipinski definition) is 4. The summed E-state index contributed by atoms with van der Waals surface area (Å²) >= 11 is 0. The van der Waals surface area contributed by atoms with Crippen molar-refractivity contribution in [1.82, 2.24) is 5.32 Å². The maximum Gasteiger partial charge on any atom is 0.267 e. The first-order valence-electron chi connectivity index (χ1n) is 8.70. The maximum atomic E-state index is 12.5. The second kappa shape index (κ2) is 6.63. The molecule has 0 spiro atoms. The second-order valence-corrected chi connectivity index (χ2v) is 6.66. The second-order valence-electron chi connectivity index (χ2n) is 6.66. The summed E-state index contributed by atoms with van der Waals surface area (Å²) in [6.45, 7) is 0.571. The Balaban J connectivity index is 1.44. The Hall–Kier alpha value is -3.15. The van der Waals surface area contributed by atoms with E-state index in [0.717, 1.165) is 12.1 Å². The quantitative estimate of drug-likeness (QED) is 0.860. The molecule has 1 aliphatic heterocycles. The molecule has 0 aromatic heterocycles. The molecular weight excluding hydrogens is 328 g/mol. The van der Waals surface area contributed by atoms with Crippen LogP contribution >= 0.6 is 0 Å². The Morgan fingerprint density at radius 3 is 2.54 bits per heavy atom. The van der Waals surface area contributed by atoms with Crippen molar-refractivity contribution in [2.24, 2.45) is 10.8 Å². The zero-order valence-electron chi connectivity index (χ0n) is 14.3. The van der Waals surface area contributed by atoms with Gasteiger partial charge in [-0.25, -0.2) is 0 Å². The van der Waals surface area contributed by atoms with Gasteiger partial charge in [-0.15, -0.1) is 0 Å². The number of carbonyl (C=O) groups excluding carboxylic acids is 2. The third-order valence-corrected chi connectivity index (χ3v) is 4.99. The van der Waals surface area contributed by atoms with E-state index in [1.54, 1.807) is 0 Å². The van der Waals surface area contributed by atoms with E-state index in [1.165, 1.54) is 16.1 Å². The van der Waals surface area contributed by atoms with E-state index < -0.39 is 11.9 Å². The molecule has 2 atom stereocenters. The zero-order valence-corrected chi connectivity index (χ0v) is 14.3. The predicted molar refractivity (Wildman–Crippen MR) is 99.9 cm³/mol. The van der Waals surface area contributed by atoms with Crippen LogP contribution in [0.1, 0.15) is 23.5 Å². The number of para-hydroxylation sites is 1. The van der Waals surface area contributed by atoms with Gasteiger partial charge in [-0.05, 0) is 29.7 Å². The lowest BCUT2D eigenvalue weighted by atomic mass is 9.77. The van der Waals surface area contributed by atoms with E-state index in [4.69, 9.17) is 5.73 Å². The van der Waals surface area contributed by atoms with E-state index >= 15 is 0 Å². The molecule has 0 fully saturated rings. The molecular formula is C20H20N4O2. The molecule has 26 heavy (non-hydrogen) atoms. The minimum atomic E-state index is -0.637. The minimum absolute atomic E-state index is 0.220. The Bertz CT molecular complexity index is 878. The largest absolute Gasteiger partial charge is 0.368 e. The molecule has 0 saturated carbocycles. The summed E-state index contributed by atoms with van der Waals surface area (Å²) < 4.78 is 0. The fraction of sp³-hybridized carbons (Fsp3) is 0.250. The molecule has 2 aromatic rings. The number of nitrogens with one attached hydrogen (secondary N) is 1. The lowest BCUT2D eigenvalue weighted by Crippen LogP contribution is -2.40. The number of hydrazone groups is 1. The van der Waals surface area contributed by atoms with Gasteiger partial charge >= 0.3 is 0 Å². The molecule has 0 saturated heterocycles. The number of rotatable bonds is 5. The van der Waals surface area contributed by atoms with Gasteiger partial charge in [0.05, 0.1) is 5.69 Å². The Morgan fingerprint density at radius 1 is 1.08 bits per heavy atom. The summed E-state index contributed by atoms with van der Waals surface area (Å²) in [5.41, 5.74) is 9.22. The number of carbonyl (C=O) groups is 2. The van der Waals surface area contributed by atoms with Crippen molar-refractivity contribution >= 4 is 23.2 Å². The van der Waals surface area contributed by atoms with E-state index in [-0.39, 0.29) is 12.3 Å². The first-order chi connectivity index (χ1) is 12.6. The SMILES string of the molecule is NC(=O)C1CC(C(=O)NCC2Cc3ccccc32)=NN1c1ccccc1. The number of fused-ring (bicyclic) bond motifs is 1. The first-order valence-corrected chi connectivity index (χ1v) is 8.70. The highest BCUT2D eigenvalue weighted by Gasteiger charge is 2.35. The van der Waals surface area contributed by atoms with Crippen molar-refractivity contribution in [2.45, 2.75) is 24.8 Å². The van der Waals surface area contributed by atoms with Crippen molar-refractivity contribution in [3.63, 3.8) is 0 Å². The molecule has 2 aliphatic rings. The number of hydrogen-bond donors (Lipinski definition) is 2. The van der Waals surface area contributed by atoms with Gasteiger partial charge in [0.25, 0.3) is 5.91 Å². The highest BCUT2D eigenvalue weighted by atomic mass is 16.2. The molecule has 6 heteroatoms. The molecule has 2 unspecified atom stereocenters. The molecule has 6 nitrogen and oxygen atoms in total. The molecule has 2 aromatic carbocycles. The summed E-state index contributed by atoms with van der Waals surface area (Å²) in [5, 5.41) is 8.85. The van der Waals surface area contributed by atoms with E-state index in [9.17, 15) is 9.59 Å². The normalized spacial score (nSPS) is 20.8. The van der Waals surface area contributed by atoms with Gasteiger partial charge in [0, 0.05) is 18.9 Å².